The molecular weight excluding hydrogens is 468 g/mol. The summed E-state index contributed by atoms with van der Waals surface area (Å²) >= 11 is 1.42. The topological polar surface area (TPSA) is 75.5 Å². The monoisotopic (exact) mass is 496 g/mol. The van der Waals surface area contributed by atoms with Crippen LogP contribution in [0.4, 0.5) is 5.69 Å². The highest BCUT2D eigenvalue weighted by molar-refractivity contribution is 7.90. The number of rotatable bonds is 5. The Morgan fingerprint density at radius 1 is 1.09 bits per heavy atom. The van der Waals surface area contributed by atoms with Gasteiger partial charge in [0.05, 0.1) is 21.8 Å². The Morgan fingerprint density at radius 2 is 1.85 bits per heavy atom. The van der Waals surface area contributed by atoms with Crippen LogP contribution in [-0.2, 0) is 9.84 Å². The highest BCUT2D eigenvalue weighted by atomic mass is 32.2. The van der Waals surface area contributed by atoms with E-state index in [0.29, 0.717) is 22.7 Å². The lowest BCUT2D eigenvalue weighted by molar-refractivity contribution is 0.310. The van der Waals surface area contributed by atoms with Crippen molar-refractivity contribution in [3.8, 4) is 17.5 Å². The molecule has 1 saturated carbocycles. The fourth-order valence-corrected chi connectivity index (χ4v) is 5.62. The van der Waals surface area contributed by atoms with Gasteiger partial charge in [0.15, 0.2) is 0 Å². The van der Waals surface area contributed by atoms with Crippen molar-refractivity contribution >= 4 is 37.1 Å². The predicted molar refractivity (Wildman–Crippen MR) is 138 cm³/mol. The van der Waals surface area contributed by atoms with Gasteiger partial charge in [-0.3, -0.25) is 9.36 Å². The maximum absolute atomic E-state index is 13.1. The van der Waals surface area contributed by atoms with Gasteiger partial charge in [0, 0.05) is 44.0 Å². The third-order valence-electron chi connectivity index (χ3n) is 6.27. The fourth-order valence-electron chi connectivity index (χ4n) is 4.13. The van der Waals surface area contributed by atoms with Crippen molar-refractivity contribution in [2.24, 2.45) is 5.92 Å². The van der Waals surface area contributed by atoms with Gasteiger partial charge < -0.3 is 9.80 Å². The fraction of sp³-hybridized carbons (Fsp3) is 0.440. The molecule has 0 N–H and O–H groups in total. The Hall–Kier alpha value is -2.67. The molecule has 0 radical (unpaired) electrons. The molecule has 9 heteroatoms. The number of sulfone groups is 1. The summed E-state index contributed by atoms with van der Waals surface area (Å²) in [5, 5.41) is 0. The quantitative estimate of drug-likeness (QED) is 0.506. The van der Waals surface area contributed by atoms with Crippen LogP contribution in [0.3, 0.4) is 0 Å². The number of aromatic nitrogens is 2. The molecule has 0 amide bonds. The molecule has 2 aliphatic rings. The van der Waals surface area contributed by atoms with Crippen molar-refractivity contribution in [3.05, 3.63) is 51.9 Å². The molecule has 1 aliphatic carbocycles. The number of hydrogen-bond acceptors (Lipinski definition) is 7. The van der Waals surface area contributed by atoms with E-state index in [4.69, 9.17) is 0 Å². The number of hydrogen-bond donors (Lipinski definition) is 0. The van der Waals surface area contributed by atoms with Crippen LogP contribution < -0.4 is 10.5 Å². The number of thiophene rings is 1. The van der Waals surface area contributed by atoms with Gasteiger partial charge in [-0.2, -0.15) is 0 Å². The second kappa shape index (κ2) is 9.53. The average Bonchev–Trinajstić information content (AvgIpc) is 3.59. The summed E-state index contributed by atoms with van der Waals surface area (Å²) in [6.07, 6.45) is 6.22. The van der Waals surface area contributed by atoms with Crippen molar-refractivity contribution in [2.75, 3.05) is 49.6 Å². The van der Waals surface area contributed by atoms with Gasteiger partial charge in [0.2, 0.25) is 0 Å². The Morgan fingerprint density at radius 3 is 2.59 bits per heavy atom. The third-order valence-corrected chi connectivity index (χ3v) is 8.23. The van der Waals surface area contributed by atoms with Crippen LogP contribution >= 0.6 is 11.3 Å². The summed E-state index contributed by atoms with van der Waals surface area (Å²) in [7, 11) is -2.95. The van der Waals surface area contributed by atoms with Crippen LogP contribution in [0.25, 0.3) is 15.9 Å². The number of fused-ring (bicyclic) bond motifs is 1. The molecule has 0 unspecified atom stereocenters. The molecular formula is C25H28N4O3S2. The van der Waals surface area contributed by atoms with E-state index in [1.807, 2.05) is 30.3 Å². The van der Waals surface area contributed by atoms with Crippen LogP contribution in [-0.4, -0.2) is 67.6 Å². The van der Waals surface area contributed by atoms with Crippen molar-refractivity contribution in [1.29, 1.82) is 0 Å². The average molecular weight is 497 g/mol. The van der Waals surface area contributed by atoms with Gasteiger partial charge in [0.1, 0.15) is 20.9 Å². The lowest BCUT2D eigenvalue weighted by Crippen LogP contribution is -2.33. The van der Waals surface area contributed by atoms with Crippen molar-refractivity contribution in [1.82, 2.24) is 14.5 Å². The first-order chi connectivity index (χ1) is 16.4. The number of nitrogens with zero attached hydrogens (tertiary/aromatic N) is 4. The zero-order chi connectivity index (χ0) is 23.7. The summed E-state index contributed by atoms with van der Waals surface area (Å²) in [6.45, 7) is 4.08. The van der Waals surface area contributed by atoms with Gasteiger partial charge in [-0.25, -0.2) is 13.4 Å². The van der Waals surface area contributed by atoms with Gasteiger partial charge in [-0.15, -0.1) is 11.3 Å². The summed E-state index contributed by atoms with van der Waals surface area (Å²) < 4.78 is 25.2. The standard InChI is InChI=1S/C25H28N4O3S2/c1-34(31,32)16-15-27-11-2-12-28(14-13-27)20-6-8-21(9-7-20)29-18-26-23-17-22(10-5-19-3-4-19)33-24(23)25(29)30/h6-9,17-19H,2-4,11-16H2,1H3. The van der Waals surface area contributed by atoms with Gasteiger partial charge in [-0.05, 0) is 56.1 Å². The normalized spacial score (nSPS) is 17.4. The summed E-state index contributed by atoms with van der Waals surface area (Å²) in [4.78, 5) is 23.1. The molecule has 178 valence electrons. The molecule has 1 aliphatic heterocycles. The minimum atomic E-state index is -2.95. The van der Waals surface area contributed by atoms with Gasteiger partial charge in [-0.1, -0.05) is 11.8 Å². The van der Waals surface area contributed by atoms with E-state index in [1.54, 1.807) is 10.9 Å². The summed E-state index contributed by atoms with van der Waals surface area (Å²) in [6, 6.07) is 9.90. The Kier molecular flexibility index (Phi) is 6.47. The largest absolute Gasteiger partial charge is 0.370 e. The molecule has 3 heterocycles. The summed E-state index contributed by atoms with van der Waals surface area (Å²) in [5.74, 6) is 7.16. The molecule has 0 bridgehead atoms. The van der Waals surface area contributed by atoms with Crippen LogP contribution in [0.1, 0.15) is 24.1 Å². The molecule has 1 saturated heterocycles. The summed E-state index contributed by atoms with van der Waals surface area (Å²) in [5.41, 5.74) is 2.52. The molecule has 7 nitrogen and oxygen atoms in total. The van der Waals surface area contributed by atoms with Crippen LogP contribution in [0.5, 0.6) is 0 Å². The van der Waals surface area contributed by atoms with Crippen molar-refractivity contribution in [3.63, 3.8) is 0 Å². The molecule has 1 aromatic carbocycles. The molecule has 2 aromatic heterocycles. The Balaban J connectivity index is 1.29. The smallest absolute Gasteiger partial charge is 0.275 e. The molecule has 3 aromatic rings. The maximum Gasteiger partial charge on any atom is 0.275 e. The van der Waals surface area contributed by atoms with Crippen LogP contribution in [0, 0.1) is 17.8 Å². The molecule has 2 fully saturated rings. The van der Waals surface area contributed by atoms with Crippen molar-refractivity contribution in [2.45, 2.75) is 19.3 Å². The molecule has 5 rings (SSSR count). The first-order valence-corrected chi connectivity index (χ1v) is 14.5. The number of benzene rings is 1. The highest BCUT2D eigenvalue weighted by Gasteiger charge is 2.19. The van der Waals surface area contributed by atoms with Gasteiger partial charge in [0.25, 0.3) is 5.56 Å². The minimum absolute atomic E-state index is 0.0708. The van der Waals surface area contributed by atoms with E-state index in [1.165, 1.54) is 30.4 Å². The second-order valence-corrected chi connectivity index (χ2v) is 12.4. The van der Waals surface area contributed by atoms with Crippen molar-refractivity contribution < 1.29 is 8.42 Å². The third kappa shape index (κ3) is 5.52. The first-order valence-electron chi connectivity index (χ1n) is 11.6. The van der Waals surface area contributed by atoms with Gasteiger partial charge >= 0.3 is 0 Å². The SMILES string of the molecule is CS(=O)(=O)CCN1CCCN(c2ccc(-n3cnc4cc(C#CC5CC5)sc4c3=O)cc2)CC1. The highest BCUT2D eigenvalue weighted by Crippen LogP contribution is 2.28. The Labute approximate surface area is 203 Å². The maximum atomic E-state index is 13.1. The van der Waals surface area contributed by atoms with E-state index in [9.17, 15) is 13.2 Å². The Bertz CT molecular complexity index is 1410. The molecule has 0 atom stereocenters. The lowest BCUT2D eigenvalue weighted by atomic mass is 10.2. The van der Waals surface area contributed by atoms with E-state index in [-0.39, 0.29) is 11.3 Å². The number of anilines is 1. The zero-order valence-electron chi connectivity index (χ0n) is 19.2. The van der Waals surface area contributed by atoms with E-state index >= 15 is 0 Å². The van der Waals surface area contributed by atoms with E-state index in [0.717, 1.165) is 48.9 Å². The zero-order valence-corrected chi connectivity index (χ0v) is 20.9. The first kappa shape index (κ1) is 23.1. The van der Waals surface area contributed by atoms with E-state index in [2.05, 4.69) is 26.6 Å². The van der Waals surface area contributed by atoms with Crippen LogP contribution in [0.2, 0.25) is 0 Å². The predicted octanol–water partition coefficient (Wildman–Crippen LogP) is 2.77. The van der Waals surface area contributed by atoms with Crippen LogP contribution in [0.15, 0.2) is 41.5 Å². The molecule has 34 heavy (non-hydrogen) atoms. The molecule has 0 spiro atoms. The second-order valence-electron chi connectivity index (χ2n) is 9.12. The van der Waals surface area contributed by atoms with E-state index < -0.39 is 9.84 Å². The minimum Gasteiger partial charge on any atom is -0.370 e. The lowest BCUT2D eigenvalue weighted by Gasteiger charge is -2.24.